The van der Waals surface area contributed by atoms with Crippen LogP contribution in [0.1, 0.15) is 54.3 Å². The highest BCUT2D eigenvalue weighted by molar-refractivity contribution is 6.02. The van der Waals surface area contributed by atoms with Gasteiger partial charge in [-0.05, 0) is 44.5 Å². The minimum atomic E-state index is -1.48. The van der Waals surface area contributed by atoms with Gasteiger partial charge in [0.25, 0.3) is 11.8 Å². The quantitative estimate of drug-likeness (QED) is 0.350. The summed E-state index contributed by atoms with van der Waals surface area (Å²) in [6.07, 6.45) is 0.421. The SMILES string of the molecule is COc1cc(CNC(=O)c2cc(C3=NOC4(C3)CC4OCC(CNC(=O)C(C)(C)O)OC)nc(C)n2)ccc1F. The summed E-state index contributed by atoms with van der Waals surface area (Å²) in [6, 6.07) is 5.92. The van der Waals surface area contributed by atoms with E-state index in [-0.39, 0.29) is 37.2 Å². The number of aromatic nitrogens is 2. The lowest BCUT2D eigenvalue weighted by molar-refractivity contribution is -0.137. The van der Waals surface area contributed by atoms with E-state index < -0.39 is 34.9 Å². The van der Waals surface area contributed by atoms with E-state index in [1.54, 1.807) is 19.1 Å². The average molecular weight is 560 g/mol. The molecule has 3 atom stereocenters. The molecule has 0 radical (unpaired) electrons. The van der Waals surface area contributed by atoms with Crippen LogP contribution in [0.5, 0.6) is 5.75 Å². The lowest BCUT2D eigenvalue weighted by Gasteiger charge is -2.20. The van der Waals surface area contributed by atoms with Crippen LogP contribution in [0, 0.1) is 12.7 Å². The lowest BCUT2D eigenvalue weighted by Crippen LogP contribution is -2.46. The summed E-state index contributed by atoms with van der Waals surface area (Å²) in [5.74, 6) is -0.909. The van der Waals surface area contributed by atoms with Crippen molar-refractivity contribution >= 4 is 17.5 Å². The Bertz CT molecular complexity index is 1300. The van der Waals surface area contributed by atoms with Crippen molar-refractivity contribution < 1.29 is 38.1 Å². The highest BCUT2D eigenvalue weighted by Gasteiger charge is 2.62. The lowest BCUT2D eigenvalue weighted by atomic mass is 10.1. The monoisotopic (exact) mass is 559 g/mol. The predicted molar refractivity (Wildman–Crippen MR) is 140 cm³/mol. The molecule has 1 aliphatic heterocycles. The molecule has 40 heavy (non-hydrogen) atoms. The summed E-state index contributed by atoms with van der Waals surface area (Å²) < 4.78 is 30.0. The van der Waals surface area contributed by atoms with E-state index in [0.29, 0.717) is 35.6 Å². The Morgan fingerprint density at radius 2 is 2.02 bits per heavy atom. The van der Waals surface area contributed by atoms with Crippen LogP contribution >= 0.6 is 0 Å². The van der Waals surface area contributed by atoms with Crippen LogP contribution in [0.2, 0.25) is 0 Å². The highest BCUT2D eigenvalue weighted by atomic mass is 19.1. The molecule has 2 aromatic rings. The van der Waals surface area contributed by atoms with Gasteiger partial charge in [-0.15, -0.1) is 0 Å². The Hall–Kier alpha value is -3.68. The normalized spacial score (nSPS) is 20.5. The Labute approximate surface area is 231 Å². The van der Waals surface area contributed by atoms with Crippen molar-refractivity contribution in [2.24, 2.45) is 5.16 Å². The van der Waals surface area contributed by atoms with Crippen LogP contribution in [0.25, 0.3) is 0 Å². The molecule has 216 valence electrons. The van der Waals surface area contributed by atoms with Gasteiger partial charge in [-0.2, -0.15) is 0 Å². The fourth-order valence-corrected chi connectivity index (χ4v) is 4.15. The molecular weight excluding hydrogens is 525 g/mol. The van der Waals surface area contributed by atoms with Crippen LogP contribution < -0.4 is 15.4 Å². The number of hydrogen-bond acceptors (Lipinski definition) is 10. The molecule has 1 aromatic heterocycles. The van der Waals surface area contributed by atoms with E-state index in [1.807, 2.05) is 0 Å². The zero-order chi connectivity index (χ0) is 29.1. The number of halogens is 1. The first-order valence-electron chi connectivity index (χ1n) is 12.8. The third-order valence-corrected chi connectivity index (χ3v) is 6.66. The van der Waals surface area contributed by atoms with Gasteiger partial charge in [-0.25, -0.2) is 14.4 Å². The Kier molecular flexibility index (Phi) is 8.66. The number of ether oxygens (including phenoxy) is 3. The molecule has 1 aromatic carbocycles. The first kappa shape index (κ1) is 29.3. The molecule has 1 spiro atoms. The van der Waals surface area contributed by atoms with Gasteiger partial charge in [0.2, 0.25) is 0 Å². The number of benzene rings is 1. The Balaban J connectivity index is 1.31. The van der Waals surface area contributed by atoms with Gasteiger partial charge in [-0.3, -0.25) is 9.59 Å². The number of carbonyl (C=O) groups excluding carboxylic acids is 2. The molecule has 1 aliphatic carbocycles. The molecule has 1 saturated carbocycles. The zero-order valence-corrected chi connectivity index (χ0v) is 23.1. The first-order valence-corrected chi connectivity index (χ1v) is 12.8. The summed E-state index contributed by atoms with van der Waals surface area (Å²) in [6.45, 7) is 5.05. The summed E-state index contributed by atoms with van der Waals surface area (Å²) in [5, 5.41) is 19.4. The molecule has 2 heterocycles. The Morgan fingerprint density at radius 3 is 2.73 bits per heavy atom. The largest absolute Gasteiger partial charge is 0.494 e. The van der Waals surface area contributed by atoms with Crippen molar-refractivity contribution in [1.29, 1.82) is 0 Å². The van der Waals surface area contributed by atoms with E-state index in [0.717, 1.165) is 0 Å². The molecule has 2 amide bonds. The number of hydrogen-bond donors (Lipinski definition) is 3. The number of aliphatic hydroxyl groups is 1. The smallest absolute Gasteiger partial charge is 0.270 e. The third kappa shape index (κ3) is 6.90. The number of nitrogens with zero attached hydrogens (tertiary/aromatic N) is 3. The number of carbonyl (C=O) groups is 2. The van der Waals surface area contributed by atoms with Crippen LogP contribution in [0.3, 0.4) is 0 Å². The number of aryl methyl sites for hydroxylation is 1. The van der Waals surface area contributed by atoms with Crippen molar-refractivity contribution in [3.63, 3.8) is 0 Å². The van der Waals surface area contributed by atoms with E-state index in [9.17, 15) is 19.1 Å². The maximum atomic E-state index is 13.7. The fraction of sp³-hybridized carbons (Fsp3) is 0.519. The molecule has 12 nitrogen and oxygen atoms in total. The van der Waals surface area contributed by atoms with Gasteiger partial charge in [0.1, 0.15) is 28.9 Å². The second-order valence-electron chi connectivity index (χ2n) is 10.4. The molecule has 1 fully saturated rings. The van der Waals surface area contributed by atoms with Crippen molar-refractivity contribution in [3.8, 4) is 5.75 Å². The summed E-state index contributed by atoms with van der Waals surface area (Å²) in [7, 11) is 2.89. The molecule has 3 N–H and O–H groups in total. The molecular formula is C27H34FN5O7. The van der Waals surface area contributed by atoms with E-state index in [4.69, 9.17) is 19.0 Å². The third-order valence-electron chi connectivity index (χ3n) is 6.66. The summed E-state index contributed by atoms with van der Waals surface area (Å²) in [5.41, 5.74) is -0.209. The molecule has 13 heteroatoms. The predicted octanol–water partition coefficient (Wildman–Crippen LogP) is 1.42. The second-order valence-corrected chi connectivity index (χ2v) is 10.4. The van der Waals surface area contributed by atoms with Crippen molar-refractivity contribution in [3.05, 3.63) is 52.9 Å². The fourth-order valence-electron chi connectivity index (χ4n) is 4.15. The van der Waals surface area contributed by atoms with Gasteiger partial charge < -0.3 is 34.8 Å². The second kappa shape index (κ2) is 11.8. The van der Waals surface area contributed by atoms with Gasteiger partial charge in [0.15, 0.2) is 17.2 Å². The van der Waals surface area contributed by atoms with Crippen molar-refractivity contribution in [2.45, 2.75) is 63.6 Å². The van der Waals surface area contributed by atoms with Crippen molar-refractivity contribution in [1.82, 2.24) is 20.6 Å². The number of nitrogens with one attached hydrogen (secondary N) is 2. The number of rotatable bonds is 12. The average Bonchev–Trinajstić information content (AvgIpc) is 3.41. The molecule has 4 rings (SSSR count). The summed E-state index contributed by atoms with van der Waals surface area (Å²) in [4.78, 5) is 39.1. The molecule has 2 aliphatic rings. The topological polar surface area (TPSA) is 153 Å². The number of amides is 2. The molecule has 0 bridgehead atoms. The van der Waals surface area contributed by atoms with Crippen LogP contribution in [-0.2, 0) is 25.7 Å². The van der Waals surface area contributed by atoms with Gasteiger partial charge >= 0.3 is 0 Å². The minimum absolute atomic E-state index is 0.0951. The van der Waals surface area contributed by atoms with Gasteiger partial charge in [0, 0.05) is 33.0 Å². The van der Waals surface area contributed by atoms with E-state index in [1.165, 1.54) is 40.2 Å². The van der Waals surface area contributed by atoms with Crippen molar-refractivity contribution in [2.75, 3.05) is 27.4 Å². The van der Waals surface area contributed by atoms with Crippen LogP contribution in [0.15, 0.2) is 29.4 Å². The Morgan fingerprint density at radius 1 is 1.25 bits per heavy atom. The highest BCUT2D eigenvalue weighted by Crippen LogP contribution is 2.49. The van der Waals surface area contributed by atoms with Crippen LogP contribution in [0.4, 0.5) is 4.39 Å². The zero-order valence-electron chi connectivity index (χ0n) is 23.1. The van der Waals surface area contributed by atoms with Gasteiger partial charge in [0.05, 0.1) is 25.5 Å². The molecule has 0 saturated heterocycles. The van der Waals surface area contributed by atoms with Gasteiger partial charge in [-0.1, -0.05) is 11.2 Å². The summed E-state index contributed by atoms with van der Waals surface area (Å²) >= 11 is 0. The first-order chi connectivity index (χ1) is 18.9. The maximum absolute atomic E-state index is 13.7. The van der Waals surface area contributed by atoms with Crippen LogP contribution in [-0.4, -0.2) is 83.4 Å². The number of methoxy groups -OCH3 is 2. The maximum Gasteiger partial charge on any atom is 0.270 e. The minimum Gasteiger partial charge on any atom is -0.494 e. The standard InChI is InChI=1S/C27H34FN5O7/c1-15-31-19(9-20(32-15)24(34)29-12-16-6-7-18(28)22(8-16)38-5)21-10-27(40-33-21)11-23(27)39-14-17(37-4)13-30-25(35)26(2,3)36/h6-9,17,23,36H,10-14H2,1-5H3,(H,29,34)(H,30,35). The molecule has 3 unspecified atom stereocenters. The van der Waals surface area contributed by atoms with E-state index in [2.05, 4.69) is 25.8 Å². The van der Waals surface area contributed by atoms with E-state index >= 15 is 0 Å². The number of oxime groups is 1.